The molecule has 0 aliphatic rings. The highest BCUT2D eigenvalue weighted by Crippen LogP contribution is 2.23. The van der Waals surface area contributed by atoms with Crippen molar-refractivity contribution in [2.75, 3.05) is 0 Å². The van der Waals surface area contributed by atoms with Gasteiger partial charge in [-0.1, -0.05) is 0 Å². The van der Waals surface area contributed by atoms with E-state index in [2.05, 4.69) is 0 Å². The van der Waals surface area contributed by atoms with Gasteiger partial charge in [0.05, 0.1) is 4.92 Å². The van der Waals surface area contributed by atoms with Gasteiger partial charge in [0.25, 0.3) is 5.69 Å². The van der Waals surface area contributed by atoms with Gasteiger partial charge in [-0.3, -0.25) is 10.1 Å². The molecular weight excluding hydrogens is 258 g/mol. The van der Waals surface area contributed by atoms with Crippen LogP contribution in [0.4, 0.5) is 5.69 Å². The van der Waals surface area contributed by atoms with E-state index in [4.69, 9.17) is 4.74 Å². The van der Waals surface area contributed by atoms with Crippen molar-refractivity contribution >= 4 is 17.2 Å². The highest BCUT2D eigenvalue weighted by Gasteiger charge is 2.19. The number of esters is 1. The van der Waals surface area contributed by atoms with Gasteiger partial charge in [0.15, 0.2) is 0 Å². The number of nitrogens with zero attached hydrogens (tertiary/aromatic N) is 1. The van der Waals surface area contributed by atoms with E-state index in [1.54, 1.807) is 46.8 Å². The first-order valence-corrected chi connectivity index (χ1v) is 6.27. The Morgan fingerprint density at radius 3 is 2.05 bits per heavy atom. The summed E-state index contributed by atoms with van der Waals surface area (Å²) < 4.78 is 5.30. The lowest BCUT2D eigenvalue weighted by Crippen LogP contribution is -2.24. The van der Waals surface area contributed by atoms with Crippen molar-refractivity contribution in [1.29, 1.82) is 0 Å². The molecule has 0 heterocycles. The van der Waals surface area contributed by atoms with Crippen molar-refractivity contribution in [3.8, 4) is 0 Å². The number of ether oxygens (including phenoxy) is 1. The number of carbonyl (C=O) groups excluding carboxylic acids is 1. The Morgan fingerprint density at radius 2 is 1.65 bits per heavy atom. The second kappa shape index (κ2) is 5.86. The zero-order chi connectivity index (χ0) is 15.5. The molecule has 5 nitrogen and oxygen atoms in total. The van der Waals surface area contributed by atoms with E-state index in [1.807, 2.05) is 0 Å². The van der Waals surface area contributed by atoms with Crippen LogP contribution in [0.15, 0.2) is 29.8 Å². The highest BCUT2D eigenvalue weighted by atomic mass is 16.6. The lowest BCUT2D eigenvalue weighted by atomic mass is 10.0. The molecule has 1 aromatic carbocycles. The van der Waals surface area contributed by atoms with E-state index in [-0.39, 0.29) is 11.7 Å². The van der Waals surface area contributed by atoms with Crippen molar-refractivity contribution in [3.63, 3.8) is 0 Å². The molecule has 0 unspecified atom stereocenters. The molecular formula is C15H19NO4. The summed E-state index contributed by atoms with van der Waals surface area (Å²) in [5.74, 6) is -0.381. The van der Waals surface area contributed by atoms with Crippen LogP contribution in [0.3, 0.4) is 0 Å². The van der Waals surface area contributed by atoms with Crippen LogP contribution < -0.4 is 0 Å². The molecule has 0 N–H and O–H groups in total. The van der Waals surface area contributed by atoms with Gasteiger partial charge in [0.1, 0.15) is 5.60 Å². The van der Waals surface area contributed by atoms with E-state index in [0.29, 0.717) is 5.57 Å². The van der Waals surface area contributed by atoms with Gasteiger partial charge >= 0.3 is 5.97 Å². The highest BCUT2D eigenvalue weighted by molar-refractivity contribution is 5.96. The third-order valence-electron chi connectivity index (χ3n) is 2.78. The zero-order valence-electron chi connectivity index (χ0n) is 12.4. The number of nitro benzene ring substituents is 1. The predicted octanol–water partition coefficient (Wildman–Crippen LogP) is 3.73. The normalized spacial score (nSPS) is 12.7. The average molecular weight is 277 g/mol. The minimum Gasteiger partial charge on any atom is -0.457 e. The minimum atomic E-state index is -0.548. The molecule has 0 bridgehead atoms. The van der Waals surface area contributed by atoms with Gasteiger partial charge in [0, 0.05) is 17.7 Å². The number of rotatable bonds is 3. The Bertz CT molecular complexity index is 550. The van der Waals surface area contributed by atoms with Crippen LogP contribution in [0.5, 0.6) is 0 Å². The van der Waals surface area contributed by atoms with Gasteiger partial charge in [0.2, 0.25) is 0 Å². The largest absolute Gasteiger partial charge is 0.457 e. The summed E-state index contributed by atoms with van der Waals surface area (Å²) in [7, 11) is 0. The molecule has 1 rings (SSSR count). The van der Waals surface area contributed by atoms with Crippen molar-refractivity contribution in [2.45, 2.75) is 40.2 Å². The second-order valence-electron chi connectivity index (χ2n) is 5.56. The van der Waals surface area contributed by atoms with E-state index in [0.717, 1.165) is 11.1 Å². The van der Waals surface area contributed by atoms with Gasteiger partial charge in [-0.15, -0.1) is 0 Å². The smallest absolute Gasteiger partial charge is 0.334 e. The molecule has 0 aliphatic carbocycles. The fourth-order valence-corrected chi connectivity index (χ4v) is 1.56. The van der Waals surface area contributed by atoms with Gasteiger partial charge in [-0.25, -0.2) is 4.79 Å². The number of nitro groups is 1. The standard InChI is InChI=1S/C15H19NO4/c1-10(11(2)14(17)20-15(3,4)5)12-6-8-13(9-7-12)16(18)19/h6-9H,1-5H3/b11-10+. The molecule has 1 aromatic rings. The lowest BCUT2D eigenvalue weighted by Gasteiger charge is -2.20. The third-order valence-corrected chi connectivity index (χ3v) is 2.78. The summed E-state index contributed by atoms with van der Waals surface area (Å²) in [5.41, 5.74) is 1.48. The summed E-state index contributed by atoms with van der Waals surface area (Å²) in [6.07, 6.45) is 0. The Balaban J connectivity index is 3.02. The first kappa shape index (κ1) is 15.9. The fraction of sp³-hybridized carbons (Fsp3) is 0.400. The Hall–Kier alpha value is -2.17. The molecule has 108 valence electrons. The van der Waals surface area contributed by atoms with Crippen LogP contribution in [0.25, 0.3) is 5.57 Å². The summed E-state index contributed by atoms with van der Waals surface area (Å²) in [5, 5.41) is 10.6. The minimum absolute atomic E-state index is 0.0245. The molecule has 0 atom stereocenters. The van der Waals surface area contributed by atoms with E-state index < -0.39 is 10.5 Å². The number of benzene rings is 1. The van der Waals surface area contributed by atoms with Crippen LogP contribution in [0.1, 0.15) is 40.2 Å². The van der Waals surface area contributed by atoms with Crippen molar-refractivity contribution in [2.24, 2.45) is 0 Å². The van der Waals surface area contributed by atoms with E-state index >= 15 is 0 Å². The van der Waals surface area contributed by atoms with Crippen molar-refractivity contribution in [3.05, 3.63) is 45.5 Å². The van der Waals surface area contributed by atoms with E-state index in [1.165, 1.54) is 12.1 Å². The Kier molecular flexibility index (Phi) is 4.65. The molecule has 5 heteroatoms. The number of non-ortho nitro benzene ring substituents is 1. The number of allylic oxidation sites excluding steroid dienone is 1. The maximum Gasteiger partial charge on any atom is 0.334 e. The lowest BCUT2D eigenvalue weighted by molar-refractivity contribution is -0.384. The first-order valence-electron chi connectivity index (χ1n) is 6.27. The van der Waals surface area contributed by atoms with Gasteiger partial charge in [-0.2, -0.15) is 0 Å². The first-order chi connectivity index (χ1) is 9.11. The molecule has 0 radical (unpaired) electrons. The van der Waals surface area contributed by atoms with Crippen LogP contribution in [-0.2, 0) is 9.53 Å². The van der Waals surface area contributed by atoms with Crippen molar-refractivity contribution < 1.29 is 14.5 Å². The molecule has 0 spiro atoms. The van der Waals surface area contributed by atoms with Crippen molar-refractivity contribution in [1.82, 2.24) is 0 Å². The third kappa shape index (κ3) is 4.19. The zero-order valence-corrected chi connectivity index (χ0v) is 12.4. The number of carbonyl (C=O) groups is 1. The summed E-state index contributed by atoms with van der Waals surface area (Å²) in [6.45, 7) is 8.89. The molecule has 0 saturated heterocycles. The summed E-state index contributed by atoms with van der Waals surface area (Å²) >= 11 is 0. The number of hydrogen-bond acceptors (Lipinski definition) is 4. The van der Waals surface area contributed by atoms with E-state index in [9.17, 15) is 14.9 Å². The fourth-order valence-electron chi connectivity index (χ4n) is 1.56. The topological polar surface area (TPSA) is 69.4 Å². The molecule has 0 fully saturated rings. The summed E-state index contributed by atoms with van der Waals surface area (Å²) in [6, 6.07) is 6.09. The SMILES string of the molecule is C/C(C(=O)OC(C)(C)C)=C(/C)c1ccc([N+](=O)[O-])cc1. The Labute approximate surface area is 118 Å². The average Bonchev–Trinajstić information content (AvgIpc) is 2.35. The quantitative estimate of drug-likeness (QED) is 0.365. The molecule has 0 saturated carbocycles. The second-order valence-corrected chi connectivity index (χ2v) is 5.56. The molecule has 20 heavy (non-hydrogen) atoms. The summed E-state index contributed by atoms with van der Waals surface area (Å²) in [4.78, 5) is 22.1. The molecule has 0 aromatic heterocycles. The van der Waals surface area contributed by atoms with Gasteiger partial charge < -0.3 is 4.74 Å². The molecule has 0 aliphatic heterocycles. The number of hydrogen-bond donors (Lipinski definition) is 0. The Morgan fingerprint density at radius 1 is 1.15 bits per heavy atom. The predicted molar refractivity (Wildman–Crippen MR) is 77.2 cm³/mol. The van der Waals surface area contributed by atoms with Crippen LogP contribution in [-0.4, -0.2) is 16.5 Å². The van der Waals surface area contributed by atoms with Crippen LogP contribution in [0, 0.1) is 10.1 Å². The monoisotopic (exact) mass is 277 g/mol. The maximum absolute atomic E-state index is 12.0. The van der Waals surface area contributed by atoms with Crippen LogP contribution >= 0.6 is 0 Å². The van der Waals surface area contributed by atoms with Gasteiger partial charge in [-0.05, 0) is 57.9 Å². The van der Waals surface area contributed by atoms with Crippen LogP contribution in [0.2, 0.25) is 0 Å². The maximum atomic E-state index is 12.0. The molecule has 0 amide bonds.